The Hall–Kier alpha value is -1.29. The third-order valence-corrected chi connectivity index (χ3v) is 4.11. The van der Waals surface area contributed by atoms with E-state index in [1.165, 1.54) is 37.9 Å². The van der Waals surface area contributed by atoms with Crippen molar-refractivity contribution in [2.75, 3.05) is 11.9 Å². The fourth-order valence-electron chi connectivity index (χ4n) is 2.72. The second-order valence-corrected chi connectivity index (χ2v) is 5.72. The Balaban J connectivity index is 1.99. The third-order valence-electron chi connectivity index (χ3n) is 3.72. The number of aromatic nitrogens is 1. The van der Waals surface area contributed by atoms with E-state index in [9.17, 15) is 4.79 Å². The van der Waals surface area contributed by atoms with Crippen molar-refractivity contribution in [2.45, 2.75) is 32.6 Å². The molecule has 19 heavy (non-hydrogen) atoms. The summed E-state index contributed by atoms with van der Waals surface area (Å²) >= 11 is 6.04. The average molecular weight is 283 g/mol. The van der Waals surface area contributed by atoms with E-state index in [0.29, 0.717) is 11.7 Å². The maximum absolute atomic E-state index is 11.0. The number of nitrogens with one attached hydrogen (secondary N) is 1. The van der Waals surface area contributed by atoms with E-state index >= 15 is 0 Å². The second kappa shape index (κ2) is 6.24. The molecule has 0 spiro atoms. The lowest BCUT2D eigenvalue weighted by Gasteiger charge is -2.27. The topological polar surface area (TPSA) is 62.2 Å². The number of hydrogen-bond donors (Lipinski definition) is 2. The smallest absolute Gasteiger partial charge is 0.337 e. The first-order valence-corrected chi connectivity index (χ1v) is 7.07. The van der Waals surface area contributed by atoms with Gasteiger partial charge in [-0.3, -0.25) is 0 Å². The van der Waals surface area contributed by atoms with Crippen molar-refractivity contribution in [3.8, 4) is 0 Å². The largest absolute Gasteiger partial charge is 0.478 e. The van der Waals surface area contributed by atoms with Gasteiger partial charge < -0.3 is 10.4 Å². The van der Waals surface area contributed by atoms with Gasteiger partial charge in [-0.1, -0.05) is 31.4 Å². The SMILES string of the molecule is CC1CCCC(CNc2nccc(C(=O)O)c2Cl)C1. The maximum atomic E-state index is 11.0. The number of hydrogen-bond acceptors (Lipinski definition) is 3. The van der Waals surface area contributed by atoms with E-state index in [0.717, 1.165) is 12.5 Å². The third kappa shape index (κ3) is 3.60. The van der Waals surface area contributed by atoms with Crippen molar-refractivity contribution in [1.29, 1.82) is 0 Å². The summed E-state index contributed by atoms with van der Waals surface area (Å²) in [5.41, 5.74) is 0.0937. The fraction of sp³-hybridized carbons (Fsp3) is 0.571. The predicted octanol–water partition coefficient (Wildman–Crippen LogP) is 3.67. The summed E-state index contributed by atoms with van der Waals surface area (Å²) in [5, 5.41) is 12.4. The summed E-state index contributed by atoms with van der Waals surface area (Å²) in [6.45, 7) is 3.09. The molecule has 1 aliphatic carbocycles. The molecule has 5 heteroatoms. The lowest BCUT2D eigenvalue weighted by molar-refractivity contribution is 0.0697. The molecule has 0 bridgehead atoms. The van der Waals surface area contributed by atoms with Crippen molar-refractivity contribution >= 4 is 23.4 Å². The molecule has 1 saturated carbocycles. The van der Waals surface area contributed by atoms with Crippen LogP contribution in [-0.2, 0) is 0 Å². The summed E-state index contributed by atoms with van der Waals surface area (Å²) in [4.78, 5) is 15.1. The normalized spacial score (nSPS) is 23.1. The lowest BCUT2D eigenvalue weighted by atomic mass is 9.82. The maximum Gasteiger partial charge on any atom is 0.337 e. The average Bonchev–Trinajstić information content (AvgIpc) is 2.37. The van der Waals surface area contributed by atoms with Crippen LogP contribution in [0.5, 0.6) is 0 Å². The van der Waals surface area contributed by atoms with Gasteiger partial charge in [0.05, 0.1) is 10.6 Å². The molecule has 2 rings (SSSR count). The highest BCUT2D eigenvalue weighted by molar-refractivity contribution is 6.35. The van der Waals surface area contributed by atoms with Crippen LogP contribution in [0.3, 0.4) is 0 Å². The first-order valence-electron chi connectivity index (χ1n) is 6.69. The zero-order valence-electron chi connectivity index (χ0n) is 11.0. The van der Waals surface area contributed by atoms with Crippen LogP contribution in [-0.4, -0.2) is 22.6 Å². The number of aromatic carboxylic acids is 1. The Morgan fingerprint density at radius 1 is 1.58 bits per heavy atom. The summed E-state index contributed by atoms with van der Waals surface area (Å²) < 4.78 is 0. The van der Waals surface area contributed by atoms with Crippen LogP contribution in [0.25, 0.3) is 0 Å². The van der Waals surface area contributed by atoms with Gasteiger partial charge in [-0.2, -0.15) is 0 Å². The molecule has 2 atom stereocenters. The molecule has 2 unspecified atom stereocenters. The van der Waals surface area contributed by atoms with E-state index in [1.807, 2.05) is 0 Å². The predicted molar refractivity (Wildman–Crippen MR) is 75.8 cm³/mol. The molecule has 1 aromatic heterocycles. The number of nitrogens with zero attached hydrogens (tertiary/aromatic N) is 1. The van der Waals surface area contributed by atoms with Gasteiger partial charge >= 0.3 is 5.97 Å². The number of anilines is 1. The monoisotopic (exact) mass is 282 g/mol. The summed E-state index contributed by atoms with van der Waals surface area (Å²) in [6, 6.07) is 1.42. The first-order chi connectivity index (χ1) is 9.08. The number of rotatable bonds is 4. The van der Waals surface area contributed by atoms with E-state index in [4.69, 9.17) is 16.7 Å². The molecule has 0 aromatic carbocycles. The van der Waals surface area contributed by atoms with Crippen LogP contribution < -0.4 is 5.32 Å². The Kier molecular flexibility index (Phi) is 4.64. The van der Waals surface area contributed by atoms with Crippen LogP contribution >= 0.6 is 11.6 Å². The Labute approximate surface area is 118 Å². The van der Waals surface area contributed by atoms with Gasteiger partial charge in [0.2, 0.25) is 0 Å². The summed E-state index contributed by atoms with van der Waals surface area (Å²) in [5.74, 6) is 0.839. The zero-order chi connectivity index (χ0) is 13.8. The van der Waals surface area contributed by atoms with E-state index in [2.05, 4.69) is 17.2 Å². The van der Waals surface area contributed by atoms with Gasteiger partial charge in [0, 0.05) is 12.7 Å². The molecule has 0 saturated heterocycles. The van der Waals surface area contributed by atoms with Crippen LogP contribution in [0.4, 0.5) is 5.82 Å². The van der Waals surface area contributed by atoms with Crippen molar-refractivity contribution < 1.29 is 9.90 Å². The van der Waals surface area contributed by atoms with Crippen molar-refractivity contribution in [3.63, 3.8) is 0 Å². The van der Waals surface area contributed by atoms with Crippen molar-refractivity contribution in [3.05, 3.63) is 22.8 Å². The van der Waals surface area contributed by atoms with Gasteiger partial charge in [0.15, 0.2) is 0 Å². The van der Waals surface area contributed by atoms with E-state index < -0.39 is 5.97 Å². The summed E-state index contributed by atoms with van der Waals surface area (Å²) in [7, 11) is 0. The highest BCUT2D eigenvalue weighted by atomic mass is 35.5. The minimum absolute atomic E-state index is 0.0937. The molecule has 1 aliphatic rings. The van der Waals surface area contributed by atoms with Crippen LogP contribution in [0.2, 0.25) is 5.02 Å². The van der Waals surface area contributed by atoms with Crippen LogP contribution in [0.15, 0.2) is 12.3 Å². The van der Waals surface area contributed by atoms with Crippen molar-refractivity contribution in [2.24, 2.45) is 11.8 Å². The quantitative estimate of drug-likeness (QED) is 0.884. The van der Waals surface area contributed by atoms with Gasteiger partial charge in [-0.25, -0.2) is 9.78 Å². The molecule has 4 nitrogen and oxygen atoms in total. The van der Waals surface area contributed by atoms with Crippen molar-refractivity contribution in [1.82, 2.24) is 4.98 Å². The minimum Gasteiger partial charge on any atom is -0.478 e. The zero-order valence-corrected chi connectivity index (χ0v) is 11.8. The van der Waals surface area contributed by atoms with Gasteiger partial charge in [-0.05, 0) is 30.7 Å². The van der Waals surface area contributed by atoms with Crippen LogP contribution in [0, 0.1) is 11.8 Å². The highest BCUT2D eigenvalue weighted by Crippen LogP contribution is 2.30. The standard InChI is InChI=1S/C14H19ClN2O2/c1-9-3-2-4-10(7-9)8-17-13-12(15)11(14(18)19)5-6-16-13/h5-6,9-10H,2-4,7-8H2,1H3,(H,16,17)(H,18,19). The minimum atomic E-state index is -1.03. The second-order valence-electron chi connectivity index (χ2n) is 5.34. The molecule has 1 fully saturated rings. The number of carbonyl (C=O) groups is 1. The Morgan fingerprint density at radius 2 is 2.37 bits per heavy atom. The lowest BCUT2D eigenvalue weighted by Crippen LogP contribution is -2.21. The number of pyridine rings is 1. The molecule has 0 radical (unpaired) electrons. The molecular formula is C14H19ClN2O2. The number of halogens is 1. The molecule has 104 valence electrons. The highest BCUT2D eigenvalue weighted by Gasteiger charge is 2.19. The van der Waals surface area contributed by atoms with Gasteiger partial charge in [0.1, 0.15) is 5.82 Å². The first kappa shape index (κ1) is 14.1. The molecule has 0 amide bonds. The van der Waals surface area contributed by atoms with Gasteiger partial charge in [-0.15, -0.1) is 0 Å². The fourth-order valence-corrected chi connectivity index (χ4v) is 2.98. The summed E-state index contributed by atoms with van der Waals surface area (Å²) in [6.07, 6.45) is 6.48. The molecule has 1 aromatic rings. The molecule has 1 heterocycles. The molecule has 2 N–H and O–H groups in total. The van der Waals surface area contributed by atoms with E-state index in [1.54, 1.807) is 0 Å². The molecule has 0 aliphatic heterocycles. The number of carboxylic acid groups (broad SMARTS) is 1. The Morgan fingerprint density at radius 3 is 3.05 bits per heavy atom. The van der Waals surface area contributed by atoms with E-state index in [-0.39, 0.29) is 10.6 Å². The van der Waals surface area contributed by atoms with Gasteiger partial charge in [0.25, 0.3) is 0 Å². The Bertz CT molecular complexity index is 465. The van der Waals surface area contributed by atoms with Crippen LogP contribution in [0.1, 0.15) is 43.0 Å². The number of carboxylic acids is 1. The molecular weight excluding hydrogens is 264 g/mol.